The summed E-state index contributed by atoms with van der Waals surface area (Å²) in [7, 11) is -0.891. The maximum atomic E-state index is 3.82. The van der Waals surface area contributed by atoms with Crippen LogP contribution in [0.2, 0.25) is 0 Å². The van der Waals surface area contributed by atoms with Gasteiger partial charge >= 0.3 is 0 Å². The molecule has 0 spiro atoms. The fraction of sp³-hybridized carbons (Fsp3) is 0.0909. The van der Waals surface area contributed by atoms with E-state index in [2.05, 4.69) is 48.8 Å². The van der Waals surface area contributed by atoms with Crippen LogP contribution in [-0.4, -0.2) is 8.80 Å². The molecule has 0 atom stereocenters. The lowest BCUT2D eigenvalue weighted by atomic mass is 10.2. The second kappa shape index (κ2) is 4.73. The number of rotatable bonds is 4. The van der Waals surface area contributed by atoms with Crippen molar-refractivity contribution in [3.05, 3.63) is 60.5 Å². The van der Waals surface area contributed by atoms with E-state index in [-0.39, 0.29) is 0 Å². The summed E-state index contributed by atoms with van der Waals surface area (Å²) in [6.45, 7) is 7.64. The average molecular weight is 174 g/mol. The molecule has 1 aromatic rings. The maximum absolute atomic E-state index is 3.82. The van der Waals surface area contributed by atoms with Gasteiger partial charge in [0.25, 0.3) is 0 Å². The van der Waals surface area contributed by atoms with Crippen LogP contribution in [0.4, 0.5) is 0 Å². The van der Waals surface area contributed by atoms with Crippen LogP contribution in [0, 0.1) is 0 Å². The molecule has 0 aliphatic carbocycles. The fourth-order valence-corrected chi connectivity index (χ4v) is 2.49. The van der Waals surface area contributed by atoms with Crippen LogP contribution in [0.25, 0.3) is 0 Å². The normalized spacial score (nSPS) is 9.75. The van der Waals surface area contributed by atoms with Crippen molar-refractivity contribution in [2.45, 2.75) is 6.04 Å². The van der Waals surface area contributed by atoms with E-state index in [9.17, 15) is 0 Å². The van der Waals surface area contributed by atoms with Crippen molar-refractivity contribution in [2.24, 2.45) is 0 Å². The topological polar surface area (TPSA) is 0 Å². The molecule has 0 aromatic heterocycles. The van der Waals surface area contributed by atoms with Crippen molar-refractivity contribution in [1.29, 1.82) is 0 Å². The van der Waals surface area contributed by atoms with E-state index in [0.717, 1.165) is 6.04 Å². The highest BCUT2D eigenvalue weighted by molar-refractivity contribution is 6.68. The standard InChI is InChI=1S/C11H14Si/c1-3-12(4-2)10-11-8-6-5-7-9-11/h3-9,12H,1-2,10H2. The summed E-state index contributed by atoms with van der Waals surface area (Å²) >= 11 is 0. The Morgan fingerprint density at radius 1 is 1.08 bits per heavy atom. The first kappa shape index (κ1) is 9.01. The molecule has 0 unspecified atom stereocenters. The van der Waals surface area contributed by atoms with Gasteiger partial charge in [0.05, 0.1) is 8.80 Å². The molecule has 0 radical (unpaired) electrons. The second-order valence-corrected chi connectivity index (χ2v) is 5.50. The second-order valence-electron chi connectivity index (χ2n) is 2.82. The highest BCUT2D eigenvalue weighted by Gasteiger charge is 2.00. The monoisotopic (exact) mass is 174 g/mol. The van der Waals surface area contributed by atoms with Gasteiger partial charge in [0.1, 0.15) is 0 Å². The molecular weight excluding hydrogens is 160 g/mol. The highest BCUT2D eigenvalue weighted by Crippen LogP contribution is 2.02. The molecule has 0 N–H and O–H groups in total. The molecule has 0 nitrogen and oxygen atoms in total. The summed E-state index contributed by atoms with van der Waals surface area (Å²) in [5.41, 5.74) is 5.54. The van der Waals surface area contributed by atoms with Crippen molar-refractivity contribution < 1.29 is 0 Å². The van der Waals surface area contributed by atoms with Crippen LogP contribution < -0.4 is 0 Å². The average Bonchev–Trinajstić information content (AvgIpc) is 2.16. The van der Waals surface area contributed by atoms with Gasteiger partial charge in [0, 0.05) is 0 Å². The van der Waals surface area contributed by atoms with Crippen molar-refractivity contribution in [3.8, 4) is 0 Å². The first-order chi connectivity index (χ1) is 5.86. The Morgan fingerprint density at radius 3 is 2.17 bits per heavy atom. The minimum Gasteiger partial charge on any atom is -0.107 e. The molecule has 62 valence electrons. The summed E-state index contributed by atoms with van der Waals surface area (Å²) in [6, 6.07) is 11.7. The molecule has 0 amide bonds. The lowest BCUT2D eigenvalue weighted by molar-refractivity contribution is 1.37. The van der Waals surface area contributed by atoms with Gasteiger partial charge in [0.15, 0.2) is 0 Å². The smallest absolute Gasteiger partial charge is 0.0881 e. The lowest BCUT2D eigenvalue weighted by Gasteiger charge is -2.03. The van der Waals surface area contributed by atoms with E-state index in [1.54, 1.807) is 0 Å². The van der Waals surface area contributed by atoms with Crippen molar-refractivity contribution in [2.75, 3.05) is 0 Å². The molecular formula is C11H14Si. The first-order valence-corrected chi connectivity index (χ1v) is 6.31. The molecule has 1 aromatic carbocycles. The Morgan fingerprint density at radius 2 is 1.67 bits per heavy atom. The molecule has 1 rings (SSSR count). The van der Waals surface area contributed by atoms with Crippen molar-refractivity contribution >= 4 is 8.80 Å². The lowest BCUT2D eigenvalue weighted by Crippen LogP contribution is -2.09. The molecule has 0 aliphatic heterocycles. The van der Waals surface area contributed by atoms with Crippen LogP contribution in [0.1, 0.15) is 5.56 Å². The van der Waals surface area contributed by atoms with Crippen LogP contribution in [0.15, 0.2) is 54.9 Å². The van der Waals surface area contributed by atoms with E-state index in [0.29, 0.717) is 0 Å². The van der Waals surface area contributed by atoms with Crippen molar-refractivity contribution in [3.63, 3.8) is 0 Å². The SMILES string of the molecule is C=C[SiH](C=C)Cc1ccccc1. The highest BCUT2D eigenvalue weighted by atomic mass is 28.3. The van der Waals surface area contributed by atoms with Gasteiger partial charge < -0.3 is 0 Å². The fourth-order valence-electron chi connectivity index (χ4n) is 1.15. The molecule has 0 fully saturated rings. The van der Waals surface area contributed by atoms with Gasteiger partial charge in [-0.2, -0.15) is 0 Å². The van der Waals surface area contributed by atoms with Gasteiger partial charge in [0.2, 0.25) is 0 Å². The Bertz CT molecular complexity index is 243. The molecule has 0 heterocycles. The zero-order chi connectivity index (χ0) is 8.81. The quantitative estimate of drug-likeness (QED) is 0.615. The number of hydrogen-bond acceptors (Lipinski definition) is 0. The van der Waals surface area contributed by atoms with Gasteiger partial charge in [-0.3, -0.25) is 0 Å². The molecule has 0 saturated carbocycles. The maximum Gasteiger partial charge on any atom is 0.0881 e. The molecule has 0 saturated heterocycles. The van der Waals surface area contributed by atoms with Gasteiger partial charge in [-0.05, 0) is 6.04 Å². The number of hydrogen-bond donors (Lipinski definition) is 0. The summed E-state index contributed by atoms with van der Waals surface area (Å²) < 4.78 is 0. The first-order valence-electron chi connectivity index (χ1n) is 4.16. The summed E-state index contributed by atoms with van der Waals surface area (Å²) in [4.78, 5) is 0. The third-order valence-corrected chi connectivity index (χ3v) is 4.07. The third-order valence-electron chi connectivity index (χ3n) is 1.92. The van der Waals surface area contributed by atoms with E-state index in [4.69, 9.17) is 0 Å². The van der Waals surface area contributed by atoms with E-state index in [1.807, 2.05) is 6.07 Å². The predicted molar refractivity (Wildman–Crippen MR) is 57.7 cm³/mol. The van der Waals surface area contributed by atoms with Crippen LogP contribution in [0.5, 0.6) is 0 Å². The molecule has 12 heavy (non-hydrogen) atoms. The van der Waals surface area contributed by atoms with Crippen molar-refractivity contribution in [1.82, 2.24) is 0 Å². The van der Waals surface area contributed by atoms with E-state index in [1.165, 1.54) is 5.56 Å². The number of benzene rings is 1. The Kier molecular flexibility index (Phi) is 3.55. The predicted octanol–water partition coefficient (Wildman–Crippen LogP) is 2.45. The largest absolute Gasteiger partial charge is 0.107 e. The summed E-state index contributed by atoms with van der Waals surface area (Å²) in [5.74, 6) is 0. The summed E-state index contributed by atoms with van der Waals surface area (Å²) in [5, 5.41) is 0. The molecule has 1 heteroatoms. The molecule has 0 bridgehead atoms. The van der Waals surface area contributed by atoms with Crippen LogP contribution >= 0.6 is 0 Å². The summed E-state index contributed by atoms with van der Waals surface area (Å²) in [6.07, 6.45) is 0. The third kappa shape index (κ3) is 2.51. The molecule has 0 aliphatic rings. The van der Waals surface area contributed by atoms with Gasteiger partial charge in [-0.1, -0.05) is 35.9 Å². The van der Waals surface area contributed by atoms with Gasteiger partial charge in [-0.15, -0.1) is 24.6 Å². The zero-order valence-electron chi connectivity index (χ0n) is 7.24. The van der Waals surface area contributed by atoms with E-state index >= 15 is 0 Å². The Balaban J connectivity index is 2.62. The minimum absolute atomic E-state index is 0.891. The Hall–Kier alpha value is -1.08. The van der Waals surface area contributed by atoms with Crippen LogP contribution in [-0.2, 0) is 6.04 Å². The van der Waals surface area contributed by atoms with Crippen LogP contribution in [0.3, 0.4) is 0 Å². The Labute approximate surface area is 75.9 Å². The van der Waals surface area contributed by atoms with E-state index < -0.39 is 8.80 Å². The van der Waals surface area contributed by atoms with Gasteiger partial charge in [-0.25, -0.2) is 0 Å². The minimum atomic E-state index is -0.891. The zero-order valence-corrected chi connectivity index (χ0v) is 8.39.